The van der Waals surface area contributed by atoms with Crippen molar-refractivity contribution in [1.29, 1.82) is 0 Å². The second-order valence-electron chi connectivity index (χ2n) is 7.41. The second kappa shape index (κ2) is 10.1. The summed E-state index contributed by atoms with van der Waals surface area (Å²) in [5, 5.41) is 4.15. The normalized spacial score (nSPS) is 14.2. The molecule has 0 atom stereocenters. The van der Waals surface area contributed by atoms with Crippen molar-refractivity contribution in [3.63, 3.8) is 0 Å². The predicted octanol–water partition coefficient (Wildman–Crippen LogP) is 4.71. The fourth-order valence-electron chi connectivity index (χ4n) is 3.10. The first-order valence-corrected chi connectivity index (χ1v) is 10.8. The monoisotopic (exact) mass is 448 g/mol. The van der Waals surface area contributed by atoms with Crippen LogP contribution >= 0.6 is 11.8 Å². The lowest BCUT2D eigenvalue weighted by molar-refractivity contribution is 0.0226. The van der Waals surface area contributed by atoms with E-state index < -0.39 is 18.2 Å². The molecule has 0 bridgehead atoms. The number of hydrogen-bond acceptors (Lipinski definition) is 5. The van der Waals surface area contributed by atoms with E-state index in [4.69, 9.17) is 0 Å². The highest BCUT2D eigenvalue weighted by molar-refractivity contribution is 7.99. The Morgan fingerprint density at radius 2 is 2.06 bits per heavy atom. The van der Waals surface area contributed by atoms with Crippen molar-refractivity contribution in [3.05, 3.63) is 65.9 Å². The van der Waals surface area contributed by atoms with Crippen LogP contribution in [0.15, 0.2) is 48.8 Å². The van der Waals surface area contributed by atoms with E-state index in [1.165, 1.54) is 47.3 Å². The molecule has 0 N–H and O–H groups in total. The number of aromatic nitrogens is 3. The van der Waals surface area contributed by atoms with Crippen molar-refractivity contribution in [2.75, 3.05) is 25.2 Å². The smallest absolute Gasteiger partial charge is 0.249 e. The lowest BCUT2D eigenvalue weighted by Crippen LogP contribution is -2.13. The number of alkyl halides is 2. The lowest BCUT2D eigenvalue weighted by Gasteiger charge is -2.12. The van der Waals surface area contributed by atoms with Crippen LogP contribution in [0.4, 0.5) is 13.2 Å². The van der Waals surface area contributed by atoms with Crippen LogP contribution in [-0.4, -0.2) is 57.1 Å². The highest BCUT2D eigenvalue weighted by atomic mass is 32.2. The number of carbonyl (C=O) groups excluding carboxylic acids is 1. The molecule has 164 valence electrons. The minimum Gasteiger partial charge on any atom is -0.296 e. The fraction of sp³-hybridized carbons (Fsp3) is 0.318. The molecule has 1 aliphatic heterocycles. The van der Waals surface area contributed by atoms with Crippen molar-refractivity contribution in [1.82, 2.24) is 19.7 Å². The van der Waals surface area contributed by atoms with Gasteiger partial charge in [0.1, 0.15) is 11.5 Å². The summed E-state index contributed by atoms with van der Waals surface area (Å²) in [5.41, 5.74) is 1.63. The zero-order chi connectivity index (χ0) is 22.4. The van der Waals surface area contributed by atoms with Crippen LogP contribution < -0.4 is 0 Å². The number of aldehydes is 1. The summed E-state index contributed by atoms with van der Waals surface area (Å²) >= 11 is 2.01. The number of benzene rings is 1. The van der Waals surface area contributed by atoms with Crippen LogP contribution in [0.25, 0.3) is 16.9 Å². The Hall–Kier alpha value is -2.65. The number of thioether (sulfide) groups is 1. The van der Waals surface area contributed by atoms with E-state index in [0.717, 1.165) is 13.0 Å². The third-order valence-electron chi connectivity index (χ3n) is 4.44. The predicted molar refractivity (Wildman–Crippen MR) is 116 cm³/mol. The number of rotatable bonds is 5. The van der Waals surface area contributed by atoms with E-state index in [9.17, 15) is 18.0 Å². The lowest BCUT2D eigenvalue weighted by atomic mass is 10.0. The number of hydrogen-bond donors (Lipinski definition) is 0. The molecule has 5 nitrogen and oxygen atoms in total. The van der Waals surface area contributed by atoms with Crippen molar-refractivity contribution in [2.24, 2.45) is 0 Å². The summed E-state index contributed by atoms with van der Waals surface area (Å²) < 4.78 is 41.9. The highest BCUT2D eigenvalue weighted by Crippen LogP contribution is 2.28. The van der Waals surface area contributed by atoms with E-state index in [0.29, 0.717) is 23.2 Å². The van der Waals surface area contributed by atoms with E-state index >= 15 is 0 Å². The summed E-state index contributed by atoms with van der Waals surface area (Å²) in [4.78, 5) is 17.4. The van der Waals surface area contributed by atoms with Crippen LogP contribution in [0.5, 0.6) is 0 Å². The van der Waals surface area contributed by atoms with Gasteiger partial charge < -0.3 is 0 Å². The van der Waals surface area contributed by atoms with Gasteiger partial charge in [0.15, 0.2) is 6.29 Å². The third-order valence-corrected chi connectivity index (χ3v) is 5.53. The quantitative estimate of drug-likeness (QED) is 0.530. The molecule has 0 radical (unpaired) electrons. The molecule has 0 aliphatic carbocycles. The molecule has 0 unspecified atom stereocenters. The zero-order valence-corrected chi connectivity index (χ0v) is 18.1. The molecule has 4 rings (SSSR count). The van der Waals surface area contributed by atoms with Gasteiger partial charge in [-0.2, -0.15) is 5.10 Å². The molecule has 2 aromatic heterocycles. The van der Waals surface area contributed by atoms with Gasteiger partial charge in [0.2, 0.25) is 5.92 Å². The molecule has 1 aliphatic rings. The maximum absolute atomic E-state index is 14.0. The minimum atomic E-state index is -2.96. The largest absolute Gasteiger partial charge is 0.296 e. The van der Waals surface area contributed by atoms with E-state index in [1.54, 1.807) is 18.3 Å². The van der Waals surface area contributed by atoms with Crippen molar-refractivity contribution in [2.45, 2.75) is 19.3 Å². The number of carbonyl (C=O) groups is 1. The first-order chi connectivity index (χ1) is 14.7. The Labute approximate surface area is 183 Å². The molecule has 9 heteroatoms. The molecule has 1 saturated heterocycles. The summed E-state index contributed by atoms with van der Waals surface area (Å²) in [6.07, 6.45) is 3.10. The Bertz CT molecular complexity index is 1020. The first kappa shape index (κ1) is 23.0. The fourth-order valence-corrected chi connectivity index (χ4v) is 4.11. The van der Waals surface area contributed by atoms with Gasteiger partial charge in [0.05, 0.1) is 17.6 Å². The molecule has 1 aromatic carbocycles. The summed E-state index contributed by atoms with van der Waals surface area (Å²) in [6.45, 7) is 2.06. The Morgan fingerprint density at radius 1 is 1.26 bits per heavy atom. The third kappa shape index (κ3) is 6.67. The molecular weight excluding hydrogens is 425 g/mol. The van der Waals surface area contributed by atoms with E-state index in [2.05, 4.69) is 22.0 Å². The summed E-state index contributed by atoms with van der Waals surface area (Å²) in [5.74, 6) is -1.03. The molecule has 31 heavy (non-hydrogen) atoms. The van der Waals surface area contributed by atoms with Gasteiger partial charge in [-0.25, -0.2) is 17.9 Å². The molecular formula is C22H23F3N4OS. The minimum absolute atomic E-state index is 0.144. The average molecular weight is 449 g/mol. The summed E-state index contributed by atoms with van der Waals surface area (Å²) in [6, 6.07) is 8.65. The average Bonchev–Trinajstić information content (AvgIpc) is 3.36. The Balaban J connectivity index is 0.000000391. The zero-order valence-electron chi connectivity index (χ0n) is 17.3. The van der Waals surface area contributed by atoms with Gasteiger partial charge in [-0.3, -0.25) is 14.7 Å². The van der Waals surface area contributed by atoms with Crippen LogP contribution in [0.1, 0.15) is 23.0 Å². The van der Waals surface area contributed by atoms with Crippen LogP contribution in [0.2, 0.25) is 0 Å². The van der Waals surface area contributed by atoms with Crippen LogP contribution in [0, 0.1) is 5.82 Å². The maximum atomic E-state index is 14.0. The van der Waals surface area contributed by atoms with Gasteiger partial charge >= 0.3 is 0 Å². The van der Waals surface area contributed by atoms with Gasteiger partial charge in [-0.15, -0.1) is 11.8 Å². The Morgan fingerprint density at radius 3 is 2.61 bits per heavy atom. The van der Waals surface area contributed by atoms with Gasteiger partial charge in [-0.1, -0.05) is 0 Å². The first-order valence-electron chi connectivity index (χ1n) is 9.65. The standard InChI is InChI=1S/C18H14F3N3O.C4H9NS/c1-18(20,21)9-12-5-13(7-14(19)6-12)17-8-15(11-25)23-24(17)16-3-2-4-22-10-16;1-5-2-3-6-4-5/h2-8,10-11H,9H2,1H3;2-4H2,1H3. The number of halogens is 3. The molecule has 0 saturated carbocycles. The van der Waals surface area contributed by atoms with Crippen LogP contribution in [-0.2, 0) is 6.42 Å². The van der Waals surface area contributed by atoms with Crippen molar-refractivity contribution < 1.29 is 18.0 Å². The van der Waals surface area contributed by atoms with E-state index in [-0.39, 0.29) is 11.3 Å². The van der Waals surface area contributed by atoms with E-state index in [1.807, 2.05) is 11.8 Å². The van der Waals surface area contributed by atoms with Gasteiger partial charge in [0.25, 0.3) is 0 Å². The van der Waals surface area contributed by atoms with Crippen LogP contribution in [0.3, 0.4) is 0 Å². The number of nitrogens with zero attached hydrogens (tertiary/aromatic N) is 4. The molecule has 3 heterocycles. The molecule has 3 aromatic rings. The molecule has 0 spiro atoms. The topological polar surface area (TPSA) is 51.0 Å². The van der Waals surface area contributed by atoms with Gasteiger partial charge in [0, 0.05) is 36.4 Å². The van der Waals surface area contributed by atoms with Crippen molar-refractivity contribution >= 4 is 18.0 Å². The highest BCUT2D eigenvalue weighted by Gasteiger charge is 2.23. The molecule has 0 amide bonds. The summed E-state index contributed by atoms with van der Waals surface area (Å²) in [7, 11) is 2.15. The van der Waals surface area contributed by atoms with Crippen molar-refractivity contribution in [3.8, 4) is 16.9 Å². The number of pyridine rings is 1. The van der Waals surface area contributed by atoms with Gasteiger partial charge in [-0.05, 0) is 55.9 Å². The second-order valence-corrected chi connectivity index (χ2v) is 8.48. The Kier molecular flexibility index (Phi) is 7.50. The molecule has 1 fully saturated rings. The maximum Gasteiger partial charge on any atom is 0.249 e. The SMILES string of the molecule is CC(F)(F)Cc1cc(F)cc(-c2cc(C=O)nn2-c2cccnc2)c1.CN1CCSC1.